The topological polar surface area (TPSA) is 59.2 Å². The van der Waals surface area contributed by atoms with Gasteiger partial charge in [-0.15, -0.1) is 11.3 Å². The Labute approximate surface area is 118 Å². The average molecular weight is 279 g/mol. The number of nitrogens with two attached hydrogens (primary N) is 1. The van der Waals surface area contributed by atoms with Crippen LogP contribution in [0.15, 0.2) is 5.38 Å². The van der Waals surface area contributed by atoms with Crippen LogP contribution in [0.4, 0.5) is 0 Å². The van der Waals surface area contributed by atoms with Crippen molar-refractivity contribution >= 4 is 17.2 Å². The first-order valence-corrected chi connectivity index (χ1v) is 8.09. The van der Waals surface area contributed by atoms with Gasteiger partial charge < -0.3 is 10.6 Å². The summed E-state index contributed by atoms with van der Waals surface area (Å²) in [6.07, 6.45) is 6.03. The molecule has 1 aliphatic carbocycles. The standard InChI is InChI=1S/C14H21N3OS/c15-6-5-13-16-12(9-19-13)14(18)17-7-10-3-1-2-4-11(10)8-17/h9-11H,1-8,15H2. The second kappa shape index (κ2) is 5.59. The van der Waals surface area contributed by atoms with E-state index in [0.717, 1.165) is 36.4 Å². The molecule has 0 aromatic carbocycles. The van der Waals surface area contributed by atoms with Crippen molar-refractivity contribution in [2.45, 2.75) is 32.1 Å². The van der Waals surface area contributed by atoms with Crippen molar-refractivity contribution in [2.24, 2.45) is 17.6 Å². The molecule has 1 aromatic rings. The molecule has 4 nitrogen and oxygen atoms in total. The van der Waals surface area contributed by atoms with E-state index in [1.54, 1.807) is 11.3 Å². The molecule has 0 bridgehead atoms. The lowest BCUT2D eigenvalue weighted by atomic mass is 9.82. The molecule has 104 valence electrons. The molecular formula is C14H21N3OS. The van der Waals surface area contributed by atoms with Crippen molar-refractivity contribution < 1.29 is 4.79 Å². The fourth-order valence-corrected chi connectivity index (χ4v) is 4.17. The lowest BCUT2D eigenvalue weighted by Gasteiger charge is -2.22. The number of likely N-dealkylation sites (tertiary alicyclic amines) is 1. The molecule has 1 amide bonds. The Bertz CT molecular complexity index is 445. The number of aromatic nitrogens is 1. The van der Waals surface area contributed by atoms with Gasteiger partial charge in [0.15, 0.2) is 0 Å². The summed E-state index contributed by atoms with van der Waals surface area (Å²) in [6.45, 7) is 2.47. The summed E-state index contributed by atoms with van der Waals surface area (Å²) in [4.78, 5) is 18.9. The van der Waals surface area contributed by atoms with E-state index in [9.17, 15) is 4.79 Å². The molecule has 1 saturated heterocycles. The molecule has 1 aliphatic heterocycles. The molecule has 0 radical (unpaired) electrons. The fourth-order valence-electron chi connectivity index (χ4n) is 3.38. The van der Waals surface area contributed by atoms with Crippen LogP contribution in [0.1, 0.15) is 41.2 Å². The summed E-state index contributed by atoms with van der Waals surface area (Å²) >= 11 is 1.55. The Balaban J connectivity index is 1.66. The largest absolute Gasteiger partial charge is 0.337 e. The van der Waals surface area contributed by atoms with E-state index in [1.165, 1.54) is 25.7 Å². The highest BCUT2D eigenvalue weighted by Crippen LogP contribution is 2.36. The maximum Gasteiger partial charge on any atom is 0.273 e. The smallest absolute Gasteiger partial charge is 0.273 e. The second-order valence-corrected chi connectivity index (χ2v) is 6.62. The number of carbonyl (C=O) groups excluding carboxylic acids is 1. The molecule has 1 aromatic heterocycles. The molecule has 2 heterocycles. The first-order chi connectivity index (χ1) is 9.28. The van der Waals surface area contributed by atoms with Crippen LogP contribution in [-0.4, -0.2) is 35.4 Å². The molecule has 19 heavy (non-hydrogen) atoms. The molecule has 5 heteroatoms. The van der Waals surface area contributed by atoms with Gasteiger partial charge in [0.25, 0.3) is 5.91 Å². The van der Waals surface area contributed by atoms with Crippen LogP contribution in [0.25, 0.3) is 0 Å². The van der Waals surface area contributed by atoms with E-state index >= 15 is 0 Å². The van der Waals surface area contributed by atoms with Gasteiger partial charge in [0.05, 0.1) is 5.01 Å². The third-order valence-corrected chi connectivity index (χ3v) is 5.30. The van der Waals surface area contributed by atoms with Crippen molar-refractivity contribution in [1.82, 2.24) is 9.88 Å². The minimum Gasteiger partial charge on any atom is -0.337 e. The van der Waals surface area contributed by atoms with Gasteiger partial charge in [-0.05, 0) is 31.2 Å². The first-order valence-electron chi connectivity index (χ1n) is 7.21. The molecule has 3 rings (SSSR count). The van der Waals surface area contributed by atoms with E-state index in [4.69, 9.17) is 5.73 Å². The van der Waals surface area contributed by atoms with Crippen LogP contribution in [0, 0.1) is 11.8 Å². The average Bonchev–Trinajstić information content (AvgIpc) is 3.04. The molecule has 1 saturated carbocycles. The Kier molecular flexibility index (Phi) is 3.84. The highest BCUT2D eigenvalue weighted by molar-refractivity contribution is 7.09. The quantitative estimate of drug-likeness (QED) is 0.919. The fraction of sp³-hybridized carbons (Fsp3) is 0.714. The number of amides is 1. The van der Waals surface area contributed by atoms with Crippen molar-refractivity contribution in [3.05, 3.63) is 16.1 Å². The predicted molar refractivity (Wildman–Crippen MR) is 76.2 cm³/mol. The normalized spacial score (nSPS) is 26.5. The van der Waals surface area contributed by atoms with Crippen LogP contribution >= 0.6 is 11.3 Å². The first kappa shape index (κ1) is 13.1. The van der Waals surface area contributed by atoms with Crippen LogP contribution in [0.3, 0.4) is 0 Å². The van der Waals surface area contributed by atoms with Gasteiger partial charge in [0.1, 0.15) is 5.69 Å². The maximum atomic E-state index is 12.4. The van der Waals surface area contributed by atoms with Gasteiger partial charge in [0, 0.05) is 24.9 Å². The monoisotopic (exact) mass is 279 g/mol. The van der Waals surface area contributed by atoms with Crippen molar-refractivity contribution in [1.29, 1.82) is 0 Å². The second-order valence-electron chi connectivity index (χ2n) is 5.68. The minimum absolute atomic E-state index is 0.119. The SMILES string of the molecule is NCCc1nc(C(=O)N2CC3CCCCC3C2)cs1. The van der Waals surface area contributed by atoms with Crippen LogP contribution in [0.5, 0.6) is 0 Å². The van der Waals surface area contributed by atoms with Gasteiger partial charge in [-0.1, -0.05) is 12.8 Å². The Morgan fingerprint density at radius 1 is 1.37 bits per heavy atom. The van der Waals surface area contributed by atoms with Crippen LogP contribution < -0.4 is 5.73 Å². The molecule has 2 unspecified atom stereocenters. The van der Waals surface area contributed by atoms with E-state index < -0.39 is 0 Å². The summed E-state index contributed by atoms with van der Waals surface area (Å²) in [5, 5.41) is 2.86. The molecule has 2 atom stereocenters. The predicted octanol–water partition coefficient (Wildman–Crippen LogP) is 1.91. The molecule has 2 N–H and O–H groups in total. The summed E-state index contributed by atoms with van der Waals surface area (Å²) < 4.78 is 0. The molecule has 0 spiro atoms. The zero-order chi connectivity index (χ0) is 13.2. The summed E-state index contributed by atoms with van der Waals surface area (Å²) in [5.41, 5.74) is 6.14. The zero-order valence-corrected chi connectivity index (χ0v) is 12.0. The number of carbonyl (C=O) groups is 1. The minimum atomic E-state index is 0.119. The Morgan fingerprint density at radius 3 is 2.68 bits per heavy atom. The van der Waals surface area contributed by atoms with Crippen molar-refractivity contribution in [2.75, 3.05) is 19.6 Å². The highest BCUT2D eigenvalue weighted by atomic mass is 32.1. The maximum absolute atomic E-state index is 12.4. The van der Waals surface area contributed by atoms with Gasteiger partial charge in [-0.3, -0.25) is 4.79 Å². The van der Waals surface area contributed by atoms with Gasteiger partial charge in [-0.2, -0.15) is 0 Å². The van der Waals surface area contributed by atoms with Crippen LogP contribution in [-0.2, 0) is 6.42 Å². The lowest BCUT2D eigenvalue weighted by Crippen LogP contribution is -2.29. The third kappa shape index (κ3) is 2.67. The number of rotatable bonds is 3. The molecular weight excluding hydrogens is 258 g/mol. The van der Waals surface area contributed by atoms with Gasteiger partial charge >= 0.3 is 0 Å². The number of fused-ring (bicyclic) bond motifs is 1. The number of hydrogen-bond donors (Lipinski definition) is 1. The van der Waals surface area contributed by atoms with E-state index in [2.05, 4.69) is 4.98 Å². The Morgan fingerprint density at radius 2 is 2.05 bits per heavy atom. The van der Waals surface area contributed by atoms with E-state index in [-0.39, 0.29) is 5.91 Å². The summed E-state index contributed by atoms with van der Waals surface area (Å²) in [6, 6.07) is 0. The summed E-state index contributed by atoms with van der Waals surface area (Å²) in [5.74, 6) is 1.59. The third-order valence-electron chi connectivity index (χ3n) is 4.39. The lowest BCUT2D eigenvalue weighted by molar-refractivity contribution is 0.0779. The van der Waals surface area contributed by atoms with Gasteiger partial charge in [0.2, 0.25) is 0 Å². The number of nitrogens with zero attached hydrogens (tertiary/aromatic N) is 2. The van der Waals surface area contributed by atoms with E-state index in [1.807, 2.05) is 10.3 Å². The summed E-state index contributed by atoms with van der Waals surface area (Å²) in [7, 11) is 0. The Hall–Kier alpha value is -0.940. The van der Waals surface area contributed by atoms with E-state index in [0.29, 0.717) is 12.2 Å². The number of thiazole rings is 1. The zero-order valence-electron chi connectivity index (χ0n) is 11.2. The van der Waals surface area contributed by atoms with Gasteiger partial charge in [-0.25, -0.2) is 4.98 Å². The highest BCUT2D eigenvalue weighted by Gasteiger charge is 2.37. The molecule has 2 aliphatic rings. The number of hydrogen-bond acceptors (Lipinski definition) is 4. The molecule has 2 fully saturated rings. The van der Waals surface area contributed by atoms with Crippen molar-refractivity contribution in [3.63, 3.8) is 0 Å². The van der Waals surface area contributed by atoms with Crippen LogP contribution in [0.2, 0.25) is 0 Å². The van der Waals surface area contributed by atoms with Crippen molar-refractivity contribution in [3.8, 4) is 0 Å².